The summed E-state index contributed by atoms with van der Waals surface area (Å²) in [4.78, 5) is 4.13. The van der Waals surface area contributed by atoms with E-state index in [-0.39, 0.29) is 23.7 Å². The Morgan fingerprint density at radius 3 is 2.95 bits per heavy atom. The summed E-state index contributed by atoms with van der Waals surface area (Å²) >= 11 is 0. The lowest BCUT2D eigenvalue weighted by molar-refractivity contribution is 0.317. The molecule has 0 unspecified atom stereocenters. The lowest BCUT2D eigenvalue weighted by Crippen LogP contribution is -2.28. The largest absolute Gasteiger partial charge is 0.409 e. The van der Waals surface area contributed by atoms with Gasteiger partial charge in [-0.15, -0.1) is 0 Å². The normalized spacial score (nSPS) is 12.7. The van der Waals surface area contributed by atoms with Crippen LogP contribution in [0.3, 0.4) is 0 Å². The lowest BCUT2D eigenvalue weighted by atomic mass is 10.2. The molecule has 8 heteroatoms. The smallest absolute Gasteiger partial charge is 0.241 e. The van der Waals surface area contributed by atoms with Crippen molar-refractivity contribution in [3.05, 3.63) is 36.7 Å². The highest BCUT2D eigenvalue weighted by Gasteiger charge is 2.16. The predicted octanol–water partition coefficient (Wildman–Crippen LogP) is 0.650. The van der Waals surface area contributed by atoms with Crippen molar-refractivity contribution in [3.63, 3.8) is 0 Å². The van der Waals surface area contributed by atoms with Crippen LogP contribution in [-0.2, 0) is 10.0 Å². The minimum Gasteiger partial charge on any atom is -0.409 e. The van der Waals surface area contributed by atoms with Crippen LogP contribution >= 0.6 is 0 Å². The summed E-state index contributed by atoms with van der Waals surface area (Å²) < 4.78 is 26.9. The number of hydrogen-bond donors (Lipinski definition) is 3. The molecule has 4 N–H and O–H groups in total. The Morgan fingerprint density at radius 2 is 2.20 bits per heavy atom. The van der Waals surface area contributed by atoms with Gasteiger partial charge >= 0.3 is 0 Å². The number of hydrogen-bond acceptors (Lipinski definition) is 5. The van der Waals surface area contributed by atoms with Gasteiger partial charge in [0.05, 0.1) is 4.90 Å². The van der Waals surface area contributed by atoms with E-state index < -0.39 is 10.0 Å². The van der Waals surface area contributed by atoms with Crippen molar-refractivity contribution in [1.29, 1.82) is 0 Å². The van der Waals surface area contributed by atoms with Gasteiger partial charge in [-0.05, 0) is 12.1 Å². The molecular formula is C12H14N4O3S. The summed E-state index contributed by atoms with van der Waals surface area (Å²) in [7, 11) is -3.66. The SMILES string of the molecule is NC(CCNS(=O)(=O)c1cccc2cnccc12)=NO. The Morgan fingerprint density at radius 1 is 1.40 bits per heavy atom. The molecule has 20 heavy (non-hydrogen) atoms. The third kappa shape index (κ3) is 3.03. The van der Waals surface area contributed by atoms with Crippen LogP contribution < -0.4 is 10.5 Å². The topological polar surface area (TPSA) is 118 Å². The van der Waals surface area contributed by atoms with Crippen LogP contribution in [0, 0.1) is 0 Å². The first kappa shape index (κ1) is 14.2. The molecule has 0 saturated carbocycles. The molecule has 1 aromatic heterocycles. The van der Waals surface area contributed by atoms with E-state index in [9.17, 15) is 8.42 Å². The summed E-state index contributed by atoms with van der Waals surface area (Å²) in [5.74, 6) is -0.0326. The lowest BCUT2D eigenvalue weighted by Gasteiger charge is -2.09. The average molecular weight is 294 g/mol. The second-order valence-corrected chi connectivity index (χ2v) is 5.83. The minimum absolute atomic E-state index is 0.0326. The number of pyridine rings is 1. The third-order valence-corrected chi connectivity index (χ3v) is 4.25. The number of amidine groups is 1. The molecule has 0 aliphatic heterocycles. The van der Waals surface area contributed by atoms with E-state index in [2.05, 4.69) is 14.9 Å². The van der Waals surface area contributed by atoms with Crippen molar-refractivity contribution in [2.45, 2.75) is 11.3 Å². The van der Waals surface area contributed by atoms with Gasteiger partial charge in [0.2, 0.25) is 10.0 Å². The first-order valence-corrected chi connectivity index (χ1v) is 7.32. The molecule has 0 bridgehead atoms. The zero-order valence-corrected chi connectivity index (χ0v) is 11.3. The van der Waals surface area contributed by atoms with Crippen molar-refractivity contribution in [2.75, 3.05) is 6.54 Å². The Labute approximate surface area is 116 Å². The zero-order chi connectivity index (χ0) is 14.6. The van der Waals surface area contributed by atoms with Crippen LogP contribution in [0.15, 0.2) is 46.7 Å². The van der Waals surface area contributed by atoms with Crippen molar-refractivity contribution in [2.24, 2.45) is 10.9 Å². The van der Waals surface area contributed by atoms with Crippen molar-refractivity contribution in [1.82, 2.24) is 9.71 Å². The first-order chi connectivity index (χ1) is 9.54. The fourth-order valence-corrected chi connectivity index (χ4v) is 3.03. The van der Waals surface area contributed by atoms with Crippen LogP contribution in [0.5, 0.6) is 0 Å². The maximum absolute atomic E-state index is 12.2. The molecule has 0 aliphatic rings. The molecule has 0 atom stereocenters. The average Bonchev–Trinajstić information content (AvgIpc) is 2.46. The van der Waals surface area contributed by atoms with E-state index in [1.54, 1.807) is 24.4 Å². The molecule has 106 valence electrons. The summed E-state index contributed by atoms with van der Waals surface area (Å²) in [6.07, 6.45) is 3.27. The molecule has 0 spiro atoms. The molecular weight excluding hydrogens is 280 g/mol. The number of fused-ring (bicyclic) bond motifs is 1. The maximum Gasteiger partial charge on any atom is 0.241 e. The monoisotopic (exact) mass is 294 g/mol. The number of aromatic nitrogens is 1. The Balaban J connectivity index is 2.28. The number of nitrogens with one attached hydrogen (secondary N) is 1. The minimum atomic E-state index is -3.66. The molecule has 0 fully saturated rings. The van der Waals surface area contributed by atoms with E-state index in [0.717, 1.165) is 5.39 Å². The Kier molecular flexibility index (Phi) is 4.16. The predicted molar refractivity (Wildman–Crippen MR) is 75.0 cm³/mol. The van der Waals surface area contributed by atoms with Crippen LogP contribution in [0.2, 0.25) is 0 Å². The fraction of sp³-hybridized carbons (Fsp3) is 0.167. The molecule has 0 amide bonds. The maximum atomic E-state index is 12.2. The van der Waals surface area contributed by atoms with Gasteiger partial charge in [0.1, 0.15) is 5.84 Å². The first-order valence-electron chi connectivity index (χ1n) is 5.83. The van der Waals surface area contributed by atoms with Crippen LogP contribution in [-0.4, -0.2) is 31.0 Å². The van der Waals surface area contributed by atoms with E-state index in [0.29, 0.717) is 5.39 Å². The van der Waals surface area contributed by atoms with Gasteiger partial charge in [0, 0.05) is 36.1 Å². The van der Waals surface area contributed by atoms with E-state index in [4.69, 9.17) is 10.9 Å². The van der Waals surface area contributed by atoms with Gasteiger partial charge in [0.15, 0.2) is 0 Å². The van der Waals surface area contributed by atoms with E-state index in [1.807, 2.05) is 0 Å². The molecule has 0 aliphatic carbocycles. The highest BCUT2D eigenvalue weighted by Crippen LogP contribution is 2.21. The number of sulfonamides is 1. The van der Waals surface area contributed by atoms with Gasteiger partial charge in [-0.2, -0.15) is 0 Å². The molecule has 0 radical (unpaired) electrons. The molecule has 1 heterocycles. The quantitative estimate of drug-likeness (QED) is 0.324. The summed E-state index contributed by atoms with van der Waals surface area (Å²) in [6, 6.07) is 6.61. The van der Waals surface area contributed by atoms with Crippen LogP contribution in [0.1, 0.15) is 6.42 Å². The van der Waals surface area contributed by atoms with Gasteiger partial charge in [-0.25, -0.2) is 13.1 Å². The van der Waals surface area contributed by atoms with Gasteiger partial charge in [0.25, 0.3) is 0 Å². The van der Waals surface area contributed by atoms with Gasteiger partial charge in [-0.3, -0.25) is 4.98 Å². The van der Waals surface area contributed by atoms with Crippen molar-refractivity contribution < 1.29 is 13.6 Å². The Bertz CT molecular complexity index is 738. The number of nitrogens with zero attached hydrogens (tertiary/aromatic N) is 2. The standard InChI is InChI=1S/C12H14N4O3S/c13-12(16-17)5-7-15-20(18,19)11-3-1-2-9-8-14-6-4-10(9)11/h1-4,6,8,15,17H,5,7H2,(H2,13,16). The van der Waals surface area contributed by atoms with Crippen molar-refractivity contribution >= 4 is 26.6 Å². The number of nitrogens with two attached hydrogens (primary N) is 1. The van der Waals surface area contributed by atoms with Gasteiger partial charge < -0.3 is 10.9 Å². The third-order valence-electron chi connectivity index (χ3n) is 2.73. The number of rotatable bonds is 5. The fourth-order valence-electron chi connectivity index (χ4n) is 1.77. The van der Waals surface area contributed by atoms with E-state index >= 15 is 0 Å². The number of benzene rings is 1. The van der Waals surface area contributed by atoms with E-state index in [1.165, 1.54) is 12.3 Å². The molecule has 7 nitrogen and oxygen atoms in total. The molecule has 0 saturated heterocycles. The van der Waals surface area contributed by atoms with Gasteiger partial charge in [-0.1, -0.05) is 17.3 Å². The van der Waals surface area contributed by atoms with Crippen molar-refractivity contribution in [3.8, 4) is 0 Å². The highest BCUT2D eigenvalue weighted by molar-refractivity contribution is 7.89. The second kappa shape index (κ2) is 5.85. The summed E-state index contributed by atoms with van der Waals surface area (Å²) in [5, 5.41) is 12.5. The number of oxime groups is 1. The molecule has 2 aromatic rings. The molecule has 1 aromatic carbocycles. The molecule has 2 rings (SSSR count). The second-order valence-electron chi connectivity index (χ2n) is 4.09. The Hall–Kier alpha value is -2.19. The summed E-state index contributed by atoms with van der Waals surface area (Å²) in [6.45, 7) is 0.0553. The zero-order valence-electron chi connectivity index (χ0n) is 10.5. The van der Waals surface area contributed by atoms with Crippen LogP contribution in [0.4, 0.5) is 0 Å². The highest BCUT2D eigenvalue weighted by atomic mass is 32.2. The van der Waals surface area contributed by atoms with Crippen LogP contribution in [0.25, 0.3) is 10.8 Å². The summed E-state index contributed by atoms with van der Waals surface area (Å²) in [5.41, 5.74) is 5.29.